The summed E-state index contributed by atoms with van der Waals surface area (Å²) in [6, 6.07) is 9.95. The first-order chi connectivity index (χ1) is 9.88. The average molecular weight is 285 g/mol. The molecule has 0 radical (unpaired) electrons. The van der Waals surface area contributed by atoms with Gasteiger partial charge in [0.15, 0.2) is 0 Å². The van der Waals surface area contributed by atoms with Crippen molar-refractivity contribution in [1.29, 1.82) is 0 Å². The van der Waals surface area contributed by atoms with Crippen molar-refractivity contribution in [2.75, 3.05) is 0 Å². The van der Waals surface area contributed by atoms with Crippen molar-refractivity contribution < 1.29 is 9.18 Å². The van der Waals surface area contributed by atoms with Gasteiger partial charge in [-0.25, -0.2) is 4.39 Å². The Labute approximate surface area is 125 Å². The van der Waals surface area contributed by atoms with E-state index < -0.39 is 0 Å². The fourth-order valence-corrected chi connectivity index (χ4v) is 2.31. The summed E-state index contributed by atoms with van der Waals surface area (Å²) in [4.78, 5) is 12.4. The second-order valence-electron chi connectivity index (χ2n) is 5.50. The zero-order valence-electron chi connectivity index (χ0n) is 12.8. The van der Waals surface area contributed by atoms with Crippen LogP contribution in [0.5, 0.6) is 0 Å². The van der Waals surface area contributed by atoms with Crippen molar-refractivity contribution in [3.05, 3.63) is 70.0 Å². The minimum Gasteiger partial charge on any atom is -0.346 e. The van der Waals surface area contributed by atoms with Crippen LogP contribution in [0.4, 0.5) is 4.39 Å². The Bertz CT molecular complexity index is 662. The van der Waals surface area contributed by atoms with Crippen LogP contribution in [-0.2, 0) is 0 Å². The largest absolute Gasteiger partial charge is 0.346 e. The lowest BCUT2D eigenvalue weighted by Crippen LogP contribution is -2.27. The lowest BCUT2D eigenvalue weighted by atomic mass is 10.00. The molecule has 0 aliphatic carbocycles. The lowest BCUT2D eigenvalue weighted by Gasteiger charge is -2.16. The van der Waals surface area contributed by atoms with Crippen molar-refractivity contribution in [2.24, 2.45) is 0 Å². The SMILES string of the molecule is Cc1cc(C)c(C(=O)N[C@@H](C)c2ccc(F)cc2)cc1C. The van der Waals surface area contributed by atoms with Gasteiger partial charge in [-0.3, -0.25) is 4.79 Å². The smallest absolute Gasteiger partial charge is 0.252 e. The molecule has 0 saturated carbocycles. The monoisotopic (exact) mass is 285 g/mol. The van der Waals surface area contributed by atoms with E-state index in [2.05, 4.69) is 5.32 Å². The topological polar surface area (TPSA) is 29.1 Å². The zero-order chi connectivity index (χ0) is 15.6. The number of carbonyl (C=O) groups is 1. The van der Waals surface area contributed by atoms with E-state index in [0.717, 1.165) is 16.7 Å². The summed E-state index contributed by atoms with van der Waals surface area (Å²) in [5.74, 6) is -0.380. The summed E-state index contributed by atoms with van der Waals surface area (Å²) >= 11 is 0. The third-order valence-electron chi connectivity index (χ3n) is 3.80. The van der Waals surface area contributed by atoms with Crippen LogP contribution < -0.4 is 5.32 Å². The number of halogens is 1. The highest BCUT2D eigenvalue weighted by Crippen LogP contribution is 2.18. The maximum absolute atomic E-state index is 12.9. The van der Waals surface area contributed by atoms with E-state index >= 15 is 0 Å². The summed E-state index contributed by atoms with van der Waals surface area (Å²) in [5, 5.41) is 2.96. The number of hydrogen-bond acceptors (Lipinski definition) is 1. The number of hydrogen-bond donors (Lipinski definition) is 1. The molecule has 1 N–H and O–H groups in total. The molecule has 0 saturated heterocycles. The van der Waals surface area contributed by atoms with E-state index in [1.807, 2.05) is 39.8 Å². The minimum absolute atomic E-state index is 0.104. The number of aryl methyl sites for hydroxylation is 3. The van der Waals surface area contributed by atoms with Gasteiger partial charge in [0.1, 0.15) is 5.82 Å². The molecule has 2 aromatic carbocycles. The number of carbonyl (C=O) groups excluding carboxylic acids is 1. The van der Waals surface area contributed by atoms with Gasteiger partial charge in [0, 0.05) is 5.56 Å². The maximum Gasteiger partial charge on any atom is 0.252 e. The number of rotatable bonds is 3. The molecular formula is C18H20FNO. The molecule has 0 aliphatic rings. The van der Waals surface area contributed by atoms with Crippen LogP contribution >= 0.6 is 0 Å². The first kappa shape index (κ1) is 15.2. The van der Waals surface area contributed by atoms with Crippen molar-refractivity contribution in [2.45, 2.75) is 33.7 Å². The van der Waals surface area contributed by atoms with Crippen LogP contribution in [0.15, 0.2) is 36.4 Å². The molecule has 2 rings (SSSR count). The molecule has 2 aromatic rings. The van der Waals surface area contributed by atoms with E-state index in [1.54, 1.807) is 12.1 Å². The Kier molecular flexibility index (Phi) is 4.41. The van der Waals surface area contributed by atoms with Crippen molar-refractivity contribution in [3.8, 4) is 0 Å². The average Bonchev–Trinajstić information content (AvgIpc) is 2.43. The number of nitrogens with one attached hydrogen (secondary N) is 1. The molecule has 0 aromatic heterocycles. The van der Waals surface area contributed by atoms with Crippen LogP contribution in [-0.4, -0.2) is 5.91 Å². The first-order valence-electron chi connectivity index (χ1n) is 7.02. The van der Waals surface area contributed by atoms with Crippen LogP contribution in [0.2, 0.25) is 0 Å². The van der Waals surface area contributed by atoms with Gasteiger partial charge in [-0.2, -0.15) is 0 Å². The molecule has 1 amide bonds. The van der Waals surface area contributed by atoms with Gasteiger partial charge in [0.05, 0.1) is 6.04 Å². The normalized spacial score (nSPS) is 12.0. The van der Waals surface area contributed by atoms with Crippen molar-refractivity contribution in [1.82, 2.24) is 5.32 Å². The predicted octanol–water partition coefficient (Wildman–Crippen LogP) is 4.24. The Morgan fingerprint density at radius 1 is 1.00 bits per heavy atom. The second-order valence-corrected chi connectivity index (χ2v) is 5.50. The summed E-state index contributed by atoms with van der Waals surface area (Å²) in [7, 11) is 0. The molecule has 0 fully saturated rings. The van der Waals surface area contributed by atoms with Gasteiger partial charge in [0.25, 0.3) is 5.91 Å². The third kappa shape index (κ3) is 3.48. The predicted molar refractivity (Wildman–Crippen MR) is 82.9 cm³/mol. The molecule has 21 heavy (non-hydrogen) atoms. The molecule has 0 aliphatic heterocycles. The molecule has 0 heterocycles. The van der Waals surface area contributed by atoms with Gasteiger partial charge in [-0.05, 0) is 68.1 Å². The quantitative estimate of drug-likeness (QED) is 0.897. The summed E-state index contributed by atoms with van der Waals surface area (Å²) in [6.07, 6.45) is 0. The van der Waals surface area contributed by atoms with Crippen LogP contribution in [0, 0.1) is 26.6 Å². The van der Waals surface area contributed by atoms with Crippen molar-refractivity contribution >= 4 is 5.91 Å². The first-order valence-corrected chi connectivity index (χ1v) is 7.02. The van der Waals surface area contributed by atoms with E-state index in [4.69, 9.17) is 0 Å². The number of amides is 1. The molecule has 0 spiro atoms. The fraction of sp³-hybridized carbons (Fsp3) is 0.278. The van der Waals surface area contributed by atoms with Gasteiger partial charge < -0.3 is 5.32 Å². The van der Waals surface area contributed by atoms with E-state index in [9.17, 15) is 9.18 Å². The molecule has 1 atom stereocenters. The molecular weight excluding hydrogens is 265 g/mol. The fourth-order valence-electron chi connectivity index (χ4n) is 2.31. The molecule has 110 valence electrons. The maximum atomic E-state index is 12.9. The summed E-state index contributed by atoms with van der Waals surface area (Å²) in [6.45, 7) is 7.85. The van der Waals surface area contributed by atoms with Gasteiger partial charge in [-0.15, -0.1) is 0 Å². The van der Waals surface area contributed by atoms with Crippen molar-refractivity contribution in [3.63, 3.8) is 0 Å². The summed E-state index contributed by atoms with van der Waals surface area (Å²) < 4.78 is 12.9. The van der Waals surface area contributed by atoms with Gasteiger partial charge in [0.2, 0.25) is 0 Å². The van der Waals surface area contributed by atoms with Gasteiger partial charge >= 0.3 is 0 Å². The molecule has 0 bridgehead atoms. The Morgan fingerprint density at radius 3 is 2.19 bits per heavy atom. The van der Waals surface area contributed by atoms with E-state index in [1.165, 1.54) is 17.7 Å². The van der Waals surface area contributed by atoms with Crippen LogP contribution in [0.25, 0.3) is 0 Å². The van der Waals surface area contributed by atoms with Crippen LogP contribution in [0.3, 0.4) is 0 Å². The highest BCUT2D eigenvalue weighted by atomic mass is 19.1. The standard InChI is InChI=1S/C18H20FNO/c1-11-9-13(3)17(10-12(11)2)18(21)20-14(4)15-5-7-16(19)8-6-15/h5-10,14H,1-4H3,(H,20,21)/t14-/m0/s1. The Morgan fingerprint density at radius 2 is 1.57 bits per heavy atom. The highest BCUT2D eigenvalue weighted by Gasteiger charge is 2.14. The molecule has 0 unspecified atom stereocenters. The number of benzene rings is 2. The minimum atomic E-state index is -0.276. The molecule has 3 heteroatoms. The molecule has 2 nitrogen and oxygen atoms in total. The zero-order valence-corrected chi connectivity index (χ0v) is 12.8. The highest BCUT2D eigenvalue weighted by molar-refractivity contribution is 5.96. The van der Waals surface area contributed by atoms with Gasteiger partial charge in [-0.1, -0.05) is 18.2 Å². The van der Waals surface area contributed by atoms with E-state index in [-0.39, 0.29) is 17.8 Å². The second kappa shape index (κ2) is 6.08. The lowest BCUT2D eigenvalue weighted by molar-refractivity contribution is 0.0939. The van der Waals surface area contributed by atoms with Crippen LogP contribution in [0.1, 0.15) is 45.6 Å². The van der Waals surface area contributed by atoms with E-state index in [0.29, 0.717) is 5.56 Å². The Hall–Kier alpha value is -2.16. The third-order valence-corrected chi connectivity index (χ3v) is 3.80. The Balaban J connectivity index is 2.18. The summed E-state index contributed by atoms with van der Waals surface area (Å²) in [5.41, 5.74) is 4.80.